The van der Waals surface area contributed by atoms with Crippen molar-refractivity contribution in [2.45, 2.75) is 29.4 Å². The molecule has 2 aromatic heterocycles. The Morgan fingerprint density at radius 3 is 2.78 bits per heavy atom. The Labute approximate surface area is 115 Å². The Balaban J connectivity index is 2.14. The highest BCUT2D eigenvalue weighted by Crippen LogP contribution is 2.31. The summed E-state index contributed by atoms with van der Waals surface area (Å²) in [7, 11) is 0. The number of halogens is 1. The quantitative estimate of drug-likeness (QED) is 0.927. The van der Waals surface area contributed by atoms with Crippen LogP contribution in [0.3, 0.4) is 0 Å². The van der Waals surface area contributed by atoms with Crippen LogP contribution in [0.25, 0.3) is 0 Å². The third kappa shape index (κ3) is 3.22. The summed E-state index contributed by atoms with van der Waals surface area (Å²) in [4.78, 5) is 9.38. The van der Waals surface area contributed by atoms with Crippen molar-refractivity contribution in [1.82, 2.24) is 9.97 Å². The highest BCUT2D eigenvalue weighted by atomic mass is 35.5. The summed E-state index contributed by atoms with van der Waals surface area (Å²) in [5.74, 6) is 0. The molecule has 3 nitrogen and oxygen atoms in total. The van der Waals surface area contributed by atoms with Crippen LogP contribution in [-0.4, -0.2) is 15.1 Å². The topological polar surface area (TPSA) is 46.0 Å². The average Bonchev–Trinajstić information content (AvgIpc) is 2.41. The predicted octanol–water partition coefficient (Wildman–Crippen LogP) is 3.72. The normalized spacial score (nSPS) is 12.4. The van der Waals surface area contributed by atoms with Crippen molar-refractivity contribution in [2.75, 3.05) is 0 Å². The highest BCUT2D eigenvalue weighted by Gasteiger charge is 2.07. The molecule has 0 saturated carbocycles. The number of hydrogen-bond donors (Lipinski definition) is 1. The Kier molecular flexibility index (Phi) is 4.58. The molecule has 0 aromatic carbocycles. The van der Waals surface area contributed by atoms with E-state index in [9.17, 15) is 5.11 Å². The van der Waals surface area contributed by atoms with Gasteiger partial charge in [-0.1, -0.05) is 30.3 Å². The fourth-order valence-corrected chi connectivity index (χ4v) is 2.40. The van der Waals surface area contributed by atoms with Crippen molar-refractivity contribution in [2.24, 2.45) is 0 Å². The predicted molar refractivity (Wildman–Crippen MR) is 72.9 cm³/mol. The van der Waals surface area contributed by atoms with Gasteiger partial charge >= 0.3 is 0 Å². The van der Waals surface area contributed by atoms with E-state index >= 15 is 0 Å². The number of aliphatic hydroxyl groups excluding tert-OH is 1. The van der Waals surface area contributed by atoms with Gasteiger partial charge < -0.3 is 5.11 Å². The monoisotopic (exact) mass is 280 g/mol. The van der Waals surface area contributed by atoms with Gasteiger partial charge in [-0.2, -0.15) is 0 Å². The first-order valence-electron chi connectivity index (χ1n) is 5.63. The summed E-state index contributed by atoms with van der Waals surface area (Å²) in [5, 5.41) is 11.0. The first-order valence-corrected chi connectivity index (χ1v) is 6.82. The van der Waals surface area contributed by atoms with E-state index < -0.39 is 6.10 Å². The lowest BCUT2D eigenvalue weighted by molar-refractivity contribution is 0.169. The fourth-order valence-electron chi connectivity index (χ4n) is 1.42. The molecule has 0 fully saturated rings. The molecule has 18 heavy (non-hydrogen) atoms. The molecule has 0 aliphatic carbocycles. The molecule has 0 amide bonds. The van der Waals surface area contributed by atoms with E-state index in [0.717, 1.165) is 9.92 Å². The van der Waals surface area contributed by atoms with Crippen LogP contribution in [0.1, 0.15) is 25.1 Å². The Bertz CT molecular complexity index is 519. The molecule has 1 atom stereocenters. The standard InChI is InChI=1S/C13H13ClN2OS/c1-2-12(17)11-6-5-9(8-16-11)18-13-10(14)4-3-7-15-13/h3-8,12,17H,2H2,1H3/t12-/m1/s1. The van der Waals surface area contributed by atoms with Crippen molar-refractivity contribution in [1.29, 1.82) is 0 Å². The van der Waals surface area contributed by atoms with Crippen LogP contribution in [0.4, 0.5) is 0 Å². The van der Waals surface area contributed by atoms with Gasteiger partial charge in [-0.3, -0.25) is 4.98 Å². The van der Waals surface area contributed by atoms with Crippen molar-refractivity contribution in [3.63, 3.8) is 0 Å². The zero-order chi connectivity index (χ0) is 13.0. The van der Waals surface area contributed by atoms with Gasteiger partial charge in [-0.05, 0) is 30.7 Å². The Morgan fingerprint density at radius 1 is 1.33 bits per heavy atom. The van der Waals surface area contributed by atoms with Gasteiger partial charge in [0.2, 0.25) is 0 Å². The smallest absolute Gasteiger partial charge is 0.119 e. The molecular formula is C13H13ClN2OS. The second-order valence-corrected chi connectivity index (χ2v) is 5.20. The maximum atomic E-state index is 9.65. The lowest BCUT2D eigenvalue weighted by atomic mass is 10.2. The maximum Gasteiger partial charge on any atom is 0.119 e. The molecule has 0 spiro atoms. The number of aromatic nitrogens is 2. The lowest BCUT2D eigenvalue weighted by Crippen LogP contribution is -1.97. The molecule has 2 heterocycles. The molecular weight excluding hydrogens is 268 g/mol. The largest absolute Gasteiger partial charge is 0.387 e. The number of rotatable bonds is 4. The van der Waals surface area contributed by atoms with Crippen LogP contribution in [0.15, 0.2) is 46.6 Å². The van der Waals surface area contributed by atoms with Gasteiger partial charge in [-0.15, -0.1) is 0 Å². The number of nitrogens with zero attached hydrogens (tertiary/aromatic N) is 2. The molecule has 94 valence electrons. The number of hydrogen-bond acceptors (Lipinski definition) is 4. The van der Waals surface area contributed by atoms with E-state index in [4.69, 9.17) is 11.6 Å². The summed E-state index contributed by atoms with van der Waals surface area (Å²) in [6, 6.07) is 7.34. The molecule has 0 radical (unpaired) electrons. The summed E-state index contributed by atoms with van der Waals surface area (Å²) >= 11 is 7.49. The third-order valence-electron chi connectivity index (χ3n) is 2.43. The van der Waals surface area contributed by atoms with Crippen molar-refractivity contribution >= 4 is 23.4 Å². The fraction of sp³-hybridized carbons (Fsp3) is 0.231. The van der Waals surface area contributed by atoms with Crippen LogP contribution in [0.2, 0.25) is 5.02 Å². The lowest BCUT2D eigenvalue weighted by Gasteiger charge is -2.07. The van der Waals surface area contributed by atoms with Gasteiger partial charge in [0.05, 0.1) is 16.8 Å². The van der Waals surface area contributed by atoms with E-state index in [0.29, 0.717) is 17.1 Å². The minimum atomic E-state index is -0.498. The molecule has 2 rings (SSSR count). The Morgan fingerprint density at radius 2 is 2.17 bits per heavy atom. The molecule has 0 aliphatic rings. The van der Waals surface area contributed by atoms with Crippen molar-refractivity contribution in [3.8, 4) is 0 Å². The van der Waals surface area contributed by atoms with Crippen LogP contribution in [-0.2, 0) is 0 Å². The van der Waals surface area contributed by atoms with Crippen molar-refractivity contribution < 1.29 is 5.11 Å². The van der Waals surface area contributed by atoms with Gasteiger partial charge in [0, 0.05) is 17.3 Å². The molecule has 0 saturated heterocycles. The van der Waals surface area contributed by atoms with Gasteiger partial charge in [0.1, 0.15) is 5.03 Å². The maximum absolute atomic E-state index is 9.65. The molecule has 2 aromatic rings. The van der Waals surface area contributed by atoms with E-state index in [-0.39, 0.29) is 0 Å². The van der Waals surface area contributed by atoms with Crippen LogP contribution < -0.4 is 0 Å². The minimum absolute atomic E-state index is 0.498. The first-order chi connectivity index (χ1) is 8.70. The summed E-state index contributed by atoms with van der Waals surface area (Å²) < 4.78 is 0. The third-order valence-corrected chi connectivity index (χ3v) is 3.84. The second kappa shape index (κ2) is 6.18. The molecule has 5 heteroatoms. The van der Waals surface area contributed by atoms with Crippen LogP contribution >= 0.6 is 23.4 Å². The van der Waals surface area contributed by atoms with Crippen LogP contribution in [0.5, 0.6) is 0 Å². The SMILES string of the molecule is CC[C@@H](O)c1ccc(Sc2ncccc2Cl)cn1. The average molecular weight is 281 g/mol. The molecule has 1 N–H and O–H groups in total. The zero-order valence-corrected chi connectivity index (χ0v) is 11.4. The first kappa shape index (κ1) is 13.3. The summed E-state index contributed by atoms with van der Waals surface area (Å²) in [6.45, 7) is 1.92. The van der Waals surface area contributed by atoms with E-state index in [1.165, 1.54) is 11.8 Å². The van der Waals surface area contributed by atoms with Gasteiger partial charge in [0.25, 0.3) is 0 Å². The highest BCUT2D eigenvalue weighted by molar-refractivity contribution is 7.99. The minimum Gasteiger partial charge on any atom is -0.387 e. The van der Waals surface area contributed by atoms with Crippen LogP contribution in [0, 0.1) is 0 Å². The number of pyridine rings is 2. The molecule has 0 unspecified atom stereocenters. The zero-order valence-electron chi connectivity index (χ0n) is 9.88. The van der Waals surface area contributed by atoms with E-state index in [1.54, 1.807) is 24.5 Å². The summed E-state index contributed by atoms with van der Waals surface area (Å²) in [6.07, 6.45) is 3.59. The van der Waals surface area contributed by atoms with E-state index in [1.807, 2.05) is 19.1 Å². The number of aliphatic hydroxyl groups is 1. The summed E-state index contributed by atoms with van der Waals surface area (Å²) in [5.41, 5.74) is 0.689. The second-order valence-electron chi connectivity index (χ2n) is 3.74. The van der Waals surface area contributed by atoms with Gasteiger partial charge in [0.15, 0.2) is 0 Å². The van der Waals surface area contributed by atoms with Gasteiger partial charge in [-0.25, -0.2) is 4.98 Å². The van der Waals surface area contributed by atoms with E-state index in [2.05, 4.69) is 9.97 Å². The molecule has 0 bridgehead atoms. The Hall–Kier alpha value is -1.10. The molecule has 0 aliphatic heterocycles. The van der Waals surface area contributed by atoms with Crippen molar-refractivity contribution in [3.05, 3.63) is 47.4 Å².